The lowest BCUT2D eigenvalue weighted by Crippen LogP contribution is -2.38. The van der Waals surface area contributed by atoms with E-state index in [2.05, 4.69) is 35.0 Å². The highest BCUT2D eigenvalue weighted by Crippen LogP contribution is 1.97. The van der Waals surface area contributed by atoms with Crippen LogP contribution in [0.3, 0.4) is 0 Å². The van der Waals surface area contributed by atoms with E-state index < -0.39 is 0 Å². The van der Waals surface area contributed by atoms with E-state index in [-0.39, 0.29) is 0 Å². The van der Waals surface area contributed by atoms with E-state index in [1.54, 1.807) is 0 Å². The maximum Gasteiger partial charge on any atom is 0.102 e. The van der Waals surface area contributed by atoms with Crippen LogP contribution in [-0.4, -0.2) is 52.1 Å². The number of rotatable bonds is 5. The quantitative estimate of drug-likeness (QED) is 0.609. The van der Waals surface area contributed by atoms with Gasteiger partial charge in [-0.3, -0.25) is 4.39 Å². The molecule has 0 heterocycles. The topological polar surface area (TPSA) is 9.23 Å². The summed E-state index contributed by atoms with van der Waals surface area (Å²) in [7, 11) is 7.04. The Bertz CT molecular complexity index is 102. The first kappa shape index (κ1) is 15.3. The Morgan fingerprint density at radius 1 is 1.23 bits per heavy atom. The van der Waals surface area contributed by atoms with Crippen molar-refractivity contribution in [1.82, 2.24) is 0 Å². The third-order valence-electron chi connectivity index (χ3n) is 1.74. The molecule has 1 atom stereocenters. The normalized spacial score (nSPS) is 13.2. The van der Waals surface area contributed by atoms with Gasteiger partial charge in [0.1, 0.15) is 6.54 Å². The molecule has 0 spiro atoms. The van der Waals surface area contributed by atoms with E-state index in [4.69, 9.17) is 4.74 Å². The largest absolute Gasteiger partial charge is 0.373 e. The molecule has 0 saturated heterocycles. The van der Waals surface area contributed by atoms with Crippen molar-refractivity contribution in [2.45, 2.75) is 26.4 Å². The number of hydrogen-bond donors (Lipinski definition) is 0. The van der Waals surface area contributed by atoms with Crippen LogP contribution in [0.2, 0.25) is 0 Å². The van der Waals surface area contributed by atoms with Crippen molar-refractivity contribution >= 4 is 0 Å². The van der Waals surface area contributed by atoms with Gasteiger partial charge in [0.2, 0.25) is 0 Å². The molecule has 0 aliphatic rings. The molecule has 1 unspecified atom stereocenters. The molecule has 2 nitrogen and oxygen atoms in total. The maximum absolute atomic E-state index is 9.50. The molecule has 0 aromatic heterocycles. The smallest absolute Gasteiger partial charge is 0.102 e. The Kier molecular flexibility index (Phi) is 9.96. The minimum absolute atomic E-state index is 0.418. The summed E-state index contributed by atoms with van der Waals surface area (Å²) in [5.41, 5.74) is 0. The van der Waals surface area contributed by atoms with E-state index >= 15 is 0 Å². The lowest BCUT2D eigenvalue weighted by Gasteiger charge is -2.24. The van der Waals surface area contributed by atoms with Gasteiger partial charge < -0.3 is 9.22 Å². The molecule has 0 bridgehead atoms. The molecule has 0 aromatic carbocycles. The second kappa shape index (κ2) is 8.45. The second-order valence-electron chi connectivity index (χ2n) is 4.10. The van der Waals surface area contributed by atoms with Gasteiger partial charge >= 0.3 is 0 Å². The minimum atomic E-state index is 0.418. The molecule has 0 fully saturated rings. The summed E-state index contributed by atoms with van der Waals surface area (Å²) in [6, 6.07) is 0. The number of alkyl halides is 1. The van der Waals surface area contributed by atoms with E-state index in [9.17, 15) is 4.39 Å². The molecule has 0 aromatic rings. The second-order valence-corrected chi connectivity index (χ2v) is 4.10. The summed E-state index contributed by atoms with van der Waals surface area (Å²) >= 11 is 0. The zero-order valence-corrected chi connectivity index (χ0v) is 9.93. The van der Waals surface area contributed by atoms with Crippen molar-refractivity contribution in [2.24, 2.45) is 0 Å². The summed E-state index contributed by atoms with van der Waals surface area (Å²) < 4.78 is 16.0. The average Bonchev–Trinajstić information content (AvgIpc) is 2.05. The highest BCUT2D eigenvalue weighted by atomic mass is 19.1. The molecule has 82 valence electrons. The van der Waals surface area contributed by atoms with Crippen molar-refractivity contribution < 1.29 is 13.6 Å². The Labute approximate surface area is 82.3 Å². The van der Waals surface area contributed by atoms with E-state index in [0.29, 0.717) is 13.3 Å². The number of ether oxygens (including phenoxy) is 1. The highest BCUT2D eigenvalue weighted by molar-refractivity contribution is 4.43. The SMILES string of the molecule is CCC(C)OCC[N+](C)(C)C.CF. The molecule has 0 saturated carbocycles. The predicted octanol–water partition coefficient (Wildman–Crippen LogP) is 2.09. The van der Waals surface area contributed by atoms with Crippen LogP contribution in [0, 0.1) is 0 Å². The van der Waals surface area contributed by atoms with E-state index in [1.165, 1.54) is 0 Å². The van der Waals surface area contributed by atoms with Crippen LogP contribution in [0.5, 0.6) is 0 Å². The molecule has 13 heavy (non-hydrogen) atoms. The van der Waals surface area contributed by atoms with Crippen LogP contribution in [0.15, 0.2) is 0 Å². The lowest BCUT2D eigenvalue weighted by molar-refractivity contribution is -0.870. The van der Waals surface area contributed by atoms with Gasteiger partial charge in [-0.05, 0) is 13.3 Å². The molecule has 0 aliphatic carbocycles. The lowest BCUT2D eigenvalue weighted by atomic mass is 10.3. The molecular formula is C10H25FNO+. The highest BCUT2D eigenvalue weighted by Gasteiger charge is 2.07. The molecule has 0 aliphatic heterocycles. The first-order valence-corrected chi connectivity index (χ1v) is 4.75. The summed E-state index contributed by atoms with van der Waals surface area (Å²) in [6.45, 7) is 6.23. The minimum Gasteiger partial charge on any atom is -0.373 e. The molecule has 3 heteroatoms. The molecular weight excluding hydrogens is 169 g/mol. The summed E-state index contributed by atoms with van der Waals surface area (Å²) in [6.07, 6.45) is 1.53. The van der Waals surface area contributed by atoms with Gasteiger partial charge in [0.25, 0.3) is 0 Å². The monoisotopic (exact) mass is 194 g/mol. The van der Waals surface area contributed by atoms with Gasteiger partial charge in [-0.25, -0.2) is 0 Å². The molecule has 0 rings (SSSR count). The standard InChI is InChI=1S/C9H22NO.CH3F/c1-6-9(2)11-8-7-10(3,4)5;1-2/h9H,6-8H2,1-5H3;1H3/q+1;. The third kappa shape index (κ3) is 14.7. The molecule has 0 amide bonds. The van der Waals surface area contributed by atoms with Crippen LogP contribution < -0.4 is 0 Å². The number of likely N-dealkylation sites (N-methyl/N-ethyl adjacent to an activating group) is 1. The van der Waals surface area contributed by atoms with Gasteiger partial charge in [0, 0.05) is 0 Å². The third-order valence-corrected chi connectivity index (χ3v) is 1.74. The van der Waals surface area contributed by atoms with Crippen LogP contribution in [0.25, 0.3) is 0 Å². The number of nitrogens with zero attached hydrogens (tertiary/aromatic N) is 1. The predicted molar refractivity (Wildman–Crippen MR) is 55.6 cm³/mol. The van der Waals surface area contributed by atoms with Crippen LogP contribution >= 0.6 is 0 Å². The first-order chi connectivity index (χ1) is 5.95. The number of halogens is 1. The van der Waals surface area contributed by atoms with E-state index in [0.717, 1.165) is 24.1 Å². The van der Waals surface area contributed by atoms with Crippen molar-refractivity contribution in [3.63, 3.8) is 0 Å². The summed E-state index contributed by atoms with van der Waals surface area (Å²) in [4.78, 5) is 0. The fraction of sp³-hybridized carbons (Fsp3) is 1.00. The van der Waals surface area contributed by atoms with Gasteiger partial charge in [0.05, 0.1) is 41.0 Å². The van der Waals surface area contributed by atoms with Crippen molar-refractivity contribution in [1.29, 1.82) is 0 Å². The summed E-state index contributed by atoms with van der Waals surface area (Å²) in [5, 5.41) is 0. The zero-order chi connectivity index (χ0) is 10.9. The molecule has 0 N–H and O–H groups in total. The fourth-order valence-electron chi connectivity index (χ4n) is 0.646. The Balaban J connectivity index is 0. The van der Waals surface area contributed by atoms with Gasteiger partial charge in [-0.2, -0.15) is 0 Å². The van der Waals surface area contributed by atoms with Crippen LogP contribution in [0.4, 0.5) is 4.39 Å². The van der Waals surface area contributed by atoms with Gasteiger partial charge in [-0.1, -0.05) is 6.92 Å². The Hall–Kier alpha value is -0.150. The maximum atomic E-state index is 9.50. The van der Waals surface area contributed by atoms with Gasteiger partial charge in [0.15, 0.2) is 0 Å². The number of hydrogen-bond acceptors (Lipinski definition) is 1. The number of quaternary nitrogens is 1. The average molecular weight is 194 g/mol. The van der Waals surface area contributed by atoms with E-state index in [1.807, 2.05) is 0 Å². The van der Waals surface area contributed by atoms with Gasteiger partial charge in [-0.15, -0.1) is 0 Å². The Morgan fingerprint density at radius 3 is 2.00 bits per heavy atom. The summed E-state index contributed by atoms with van der Waals surface area (Å²) in [5.74, 6) is 0. The van der Waals surface area contributed by atoms with Crippen LogP contribution in [0.1, 0.15) is 20.3 Å². The first-order valence-electron chi connectivity index (χ1n) is 4.75. The van der Waals surface area contributed by atoms with Crippen molar-refractivity contribution in [2.75, 3.05) is 41.5 Å². The zero-order valence-electron chi connectivity index (χ0n) is 9.93. The molecule has 0 radical (unpaired) electrons. The van der Waals surface area contributed by atoms with Crippen molar-refractivity contribution in [3.05, 3.63) is 0 Å². The fourth-order valence-corrected chi connectivity index (χ4v) is 0.646. The van der Waals surface area contributed by atoms with Crippen molar-refractivity contribution in [3.8, 4) is 0 Å². The van der Waals surface area contributed by atoms with Crippen LogP contribution in [-0.2, 0) is 4.74 Å². The Morgan fingerprint density at radius 2 is 1.69 bits per heavy atom.